The van der Waals surface area contributed by atoms with Crippen LogP contribution in [0, 0.1) is 0 Å². The quantitative estimate of drug-likeness (QED) is 0.529. The second kappa shape index (κ2) is 5.72. The Morgan fingerprint density at radius 1 is 1.19 bits per heavy atom. The minimum Gasteiger partial charge on any atom is -0.507 e. The minimum atomic E-state index is -0.294. The summed E-state index contributed by atoms with van der Waals surface area (Å²) in [5, 5.41) is 10.1. The number of carbonyl (C=O) groups is 1. The van der Waals surface area contributed by atoms with Crippen LogP contribution in [0.3, 0.4) is 0 Å². The van der Waals surface area contributed by atoms with Gasteiger partial charge in [-0.05, 0) is 35.9 Å². The Balaban J connectivity index is 1.68. The highest BCUT2D eigenvalue weighted by atomic mass is 35.5. The third kappa shape index (κ3) is 3.15. The Bertz CT molecular complexity index is 694. The minimum absolute atomic E-state index is 0.00297. The average Bonchev–Trinajstić information content (AvgIpc) is 3.28. The number of hydrogen-bond acceptors (Lipinski definition) is 3. The van der Waals surface area contributed by atoms with Crippen LogP contribution in [0.1, 0.15) is 22.0 Å². The molecule has 0 radical (unpaired) electrons. The second-order valence-electron chi connectivity index (χ2n) is 4.82. The molecule has 3 rings (SSSR count). The number of phenolic OH excluding ortho intramolecular Hbond substituents is 1. The molecule has 0 unspecified atom stereocenters. The lowest BCUT2D eigenvalue weighted by molar-refractivity contribution is 0.104. The van der Waals surface area contributed by atoms with Gasteiger partial charge in [-0.2, -0.15) is 0 Å². The molecule has 1 aliphatic rings. The number of phenols is 1. The summed E-state index contributed by atoms with van der Waals surface area (Å²) in [7, 11) is 0. The molecule has 4 heteroatoms. The first kappa shape index (κ1) is 13.9. The molecule has 106 valence electrons. The number of halogens is 1. The van der Waals surface area contributed by atoms with Crippen molar-refractivity contribution in [2.75, 3.05) is 0 Å². The molecular weight excluding hydrogens is 288 g/mol. The van der Waals surface area contributed by atoms with Gasteiger partial charge in [0, 0.05) is 5.02 Å². The molecule has 1 heterocycles. The number of epoxide rings is 1. The van der Waals surface area contributed by atoms with Crippen molar-refractivity contribution < 1.29 is 14.6 Å². The largest absolute Gasteiger partial charge is 0.507 e. The molecule has 2 atom stereocenters. The highest BCUT2D eigenvalue weighted by Gasteiger charge is 2.37. The Morgan fingerprint density at radius 2 is 1.95 bits per heavy atom. The number of rotatable bonds is 4. The molecule has 2 aromatic carbocycles. The normalized spacial score (nSPS) is 20.6. The van der Waals surface area contributed by atoms with Gasteiger partial charge in [0.05, 0.1) is 5.56 Å². The highest BCUT2D eigenvalue weighted by molar-refractivity contribution is 6.31. The van der Waals surface area contributed by atoms with E-state index in [1.165, 1.54) is 24.3 Å². The topological polar surface area (TPSA) is 49.8 Å². The summed E-state index contributed by atoms with van der Waals surface area (Å²) in [5.41, 5.74) is 1.28. The molecule has 0 bridgehead atoms. The van der Waals surface area contributed by atoms with Gasteiger partial charge in [-0.25, -0.2) is 0 Å². The van der Waals surface area contributed by atoms with E-state index in [0.717, 1.165) is 5.56 Å². The zero-order valence-electron chi connectivity index (χ0n) is 11.1. The fourth-order valence-corrected chi connectivity index (χ4v) is 2.33. The Hall–Kier alpha value is -2.10. The molecular formula is C17H13ClO3. The van der Waals surface area contributed by atoms with Crippen molar-refractivity contribution in [3.05, 3.63) is 76.8 Å². The van der Waals surface area contributed by atoms with Crippen LogP contribution in [0.5, 0.6) is 5.75 Å². The summed E-state index contributed by atoms with van der Waals surface area (Å²) < 4.78 is 5.52. The van der Waals surface area contributed by atoms with Gasteiger partial charge in [0.1, 0.15) is 18.0 Å². The SMILES string of the molecule is O=C(/C=C/[C@H]1O[C@@H]1c1ccccc1)c1cc(Cl)ccc1O. The number of benzene rings is 2. The third-order valence-electron chi connectivity index (χ3n) is 3.31. The zero-order valence-corrected chi connectivity index (χ0v) is 11.8. The average molecular weight is 301 g/mol. The summed E-state index contributed by atoms with van der Waals surface area (Å²) in [5.74, 6) is -0.373. The van der Waals surface area contributed by atoms with Crippen LogP contribution in [-0.4, -0.2) is 17.0 Å². The van der Waals surface area contributed by atoms with E-state index < -0.39 is 0 Å². The predicted molar refractivity (Wildman–Crippen MR) is 80.6 cm³/mol. The van der Waals surface area contributed by atoms with E-state index in [9.17, 15) is 9.90 Å². The number of hydrogen-bond donors (Lipinski definition) is 1. The molecule has 2 aromatic rings. The first-order valence-corrected chi connectivity index (χ1v) is 6.94. The molecule has 21 heavy (non-hydrogen) atoms. The van der Waals surface area contributed by atoms with Crippen molar-refractivity contribution >= 4 is 17.4 Å². The standard InChI is InChI=1S/C17H13ClO3/c18-12-6-7-14(19)13(10-12)15(20)8-9-16-17(21-16)11-4-2-1-3-5-11/h1-10,16-17,19H/b9-8+/t16-,17-/m1/s1. The van der Waals surface area contributed by atoms with Crippen molar-refractivity contribution in [1.29, 1.82) is 0 Å². The summed E-state index contributed by atoms with van der Waals surface area (Å²) in [4.78, 5) is 12.0. The van der Waals surface area contributed by atoms with Gasteiger partial charge in [0.2, 0.25) is 0 Å². The number of ketones is 1. The van der Waals surface area contributed by atoms with Crippen molar-refractivity contribution in [1.82, 2.24) is 0 Å². The first-order valence-electron chi connectivity index (χ1n) is 6.56. The lowest BCUT2D eigenvalue weighted by Gasteiger charge is -2.00. The third-order valence-corrected chi connectivity index (χ3v) is 3.55. The van der Waals surface area contributed by atoms with Crippen LogP contribution in [0.15, 0.2) is 60.7 Å². The lowest BCUT2D eigenvalue weighted by Crippen LogP contribution is -1.96. The monoisotopic (exact) mass is 300 g/mol. The first-order chi connectivity index (χ1) is 10.1. The van der Waals surface area contributed by atoms with Gasteiger partial charge in [-0.15, -0.1) is 0 Å². The lowest BCUT2D eigenvalue weighted by atomic mass is 10.1. The molecule has 1 saturated heterocycles. The Kier molecular flexibility index (Phi) is 3.78. The molecule has 1 aliphatic heterocycles. The maximum absolute atomic E-state index is 12.0. The van der Waals surface area contributed by atoms with E-state index in [0.29, 0.717) is 5.02 Å². The molecule has 0 aliphatic carbocycles. The summed E-state index contributed by atoms with van der Waals surface area (Å²) in [6.07, 6.45) is 3.03. The van der Waals surface area contributed by atoms with Gasteiger partial charge in [0.25, 0.3) is 0 Å². The van der Waals surface area contributed by atoms with E-state index in [-0.39, 0.29) is 29.3 Å². The van der Waals surface area contributed by atoms with Gasteiger partial charge in [0.15, 0.2) is 5.78 Å². The van der Waals surface area contributed by atoms with Crippen LogP contribution >= 0.6 is 11.6 Å². The van der Waals surface area contributed by atoms with E-state index in [1.807, 2.05) is 30.3 Å². The van der Waals surface area contributed by atoms with Crippen LogP contribution in [-0.2, 0) is 4.74 Å². The summed E-state index contributed by atoms with van der Waals surface area (Å²) in [6, 6.07) is 14.2. The van der Waals surface area contributed by atoms with Crippen LogP contribution in [0.2, 0.25) is 5.02 Å². The predicted octanol–water partition coefficient (Wildman–Crippen LogP) is 3.92. The molecule has 0 aromatic heterocycles. The van der Waals surface area contributed by atoms with Crippen molar-refractivity contribution in [2.45, 2.75) is 12.2 Å². The second-order valence-corrected chi connectivity index (χ2v) is 5.25. The van der Waals surface area contributed by atoms with E-state index >= 15 is 0 Å². The van der Waals surface area contributed by atoms with Crippen LogP contribution in [0.25, 0.3) is 0 Å². The summed E-state index contributed by atoms with van der Waals surface area (Å²) >= 11 is 5.83. The zero-order chi connectivity index (χ0) is 14.8. The Morgan fingerprint density at radius 3 is 2.71 bits per heavy atom. The van der Waals surface area contributed by atoms with E-state index in [1.54, 1.807) is 6.08 Å². The Labute approximate surface area is 127 Å². The maximum atomic E-state index is 12.0. The smallest absolute Gasteiger partial charge is 0.189 e. The van der Waals surface area contributed by atoms with Crippen molar-refractivity contribution in [2.24, 2.45) is 0 Å². The van der Waals surface area contributed by atoms with Crippen LogP contribution in [0.4, 0.5) is 0 Å². The van der Waals surface area contributed by atoms with E-state index in [4.69, 9.17) is 16.3 Å². The number of ether oxygens (including phenoxy) is 1. The molecule has 3 nitrogen and oxygen atoms in total. The molecule has 0 saturated carbocycles. The fraction of sp³-hybridized carbons (Fsp3) is 0.118. The van der Waals surface area contributed by atoms with Gasteiger partial charge >= 0.3 is 0 Å². The fourth-order valence-electron chi connectivity index (χ4n) is 2.16. The molecule has 0 spiro atoms. The van der Waals surface area contributed by atoms with Gasteiger partial charge < -0.3 is 9.84 Å². The van der Waals surface area contributed by atoms with Crippen molar-refractivity contribution in [3.8, 4) is 5.75 Å². The molecule has 0 amide bonds. The van der Waals surface area contributed by atoms with Crippen molar-refractivity contribution in [3.63, 3.8) is 0 Å². The number of allylic oxidation sites excluding steroid dienone is 1. The number of aromatic hydroxyl groups is 1. The maximum Gasteiger partial charge on any atom is 0.189 e. The van der Waals surface area contributed by atoms with Crippen LogP contribution < -0.4 is 0 Å². The van der Waals surface area contributed by atoms with Gasteiger partial charge in [-0.1, -0.05) is 41.9 Å². The molecule has 1 fully saturated rings. The van der Waals surface area contributed by atoms with E-state index in [2.05, 4.69) is 0 Å². The number of carbonyl (C=O) groups excluding carboxylic acids is 1. The molecule has 1 N–H and O–H groups in total. The van der Waals surface area contributed by atoms with Gasteiger partial charge in [-0.3, -0.25) is 4.79 Å². The highest BCUT2D eigenvalue weighted by Crippen LogP contribution is 2.39. The summed E-state index contributed by atoms with van der Waals surface area (Å²) in [6.45, 7) is 0.